The number of fused-ring (bicyclic) bond motifs is 1. The summed E-state index contributed by atoms with van der Waals surface area (Å²) >= 11 is -2.97. The van der Waals surface area contributed by atoms with Crippen LogP contribution in [0.3, 0.4) is 0 Å². The minimum atomic E-state index is -2.97. The summed E-state index contributed by atoms with van der Waals surface area (Å²) in [5.74, 6) is 0.861. The van der Waals surface area contributed by atoms with Gasteiger partial charge in [0.05, 0.1) is 0 Å². The van der Waals surface area contributed by atoms with Gasteiger partial charge in [-0.3, -0.25) is 0 Å². The van der Waals surface area contributed by atoms with Crippen LogP contribution >= 0.6 is 0 Å². The van der Waals surface area contributed by atoms with Crippen molar-refractivity contribution in [3.63, 3.8) is 0 Å². The Labute approximate surface area is 95.8 Å². The fraction of sp³-hybridized carbons (Fsp3) is 0.100. The molecule has 0 saturated carbocycles. The third-order valence-corrected chi connectivity index (χ3v) is 4.97. The molecule has 1 aliphatic heterocycles. The van der Waals surface area contributed by atoms with E-state index in [-0.39, 0.29) is 0 Å². The summed E-state index contributed by atoms with van der Waals surface area (Å²) in [5.41, 5.74) is 0.353. The second kappa shape index (κ2) is 4.14. The number of rotatable bonds is 2. The number of para-hydroxylation sites is 2. The normalized spacial score (nSPS) is 13.7. The molecule has 0 bridgehead atoms. The molecule has 1 aromatic carbocycles. The molecule has 15 heavy (non-hydrogen) atoms. The Balaban J connectivity index is 2.02. The molecular weight excluding hydrogens is 303 g/mol. The predicted octanol–water partition coefficient (Wildman–Crippen LogP) is 1.56. The van der Waals surface area contributed by atoms with Gasteiger partial charge in [-0.1, -0.05) is 0 Å². The predicted molar refractivity (Wildman–Crippen MR) is 54.4 cm³/mol. The van der Waals surface area contributed by atoms with Crippen LogP contribution < -0.4 is 6.15 Å². The topological polar surface area (TPSA) is 44.8 Å². The van der Waals surface area contributed by atoms with Crippen LogP contribution in [-0.4, -0.2) is 27.0 Å². The SMILES string of the molecule is C=C(C)C(=O)[O][Sn]1[O]c2ccccc2[O]1. The van der Waals surface area contributed by atoms with Crippen molar-refractivity contribution < 1.29 is 14.0 Å². The van der Waals surface area contributed by atoms with E-state index in [0.717, 1.165) is 0 Å². The maximum absolute atomic E-state index is 11.2. The van der Waals surface area contributed by atoms with Gasteiger partial charge in [0.15, 0.2) is 0 Å². The summed E-state index contributed by atoms with van der Waals surface area (Å²) < 4.78 is 15.9. The van der Waals surface area contributed by atoms with Crippen molar-refractivity contribution in [2.24, 2.45) is 0 Å². The molecule has 1 radical (unpaired) electrons. The number of carbonyl (C=O) groups excluding carboxylic acids is 1. The van der Waals surface area contributed by atoms with Crippen molar-refractivity contribution >= 4 is 27.0 Å². The van der Waals surface area contributed by atoms with Gasteiger partial charge in [0.2, 0.25) is 0 Å². The van der Waals surface area contributed by atoms with E-state index in [9.17, 15) is 4.79 Å². The van der Waals surface area contributed by atoms with Gasteiger partial charge in [-0.2, -0.15) is 0 Å². The van der Waals surface area contributed by atoms with E-state index in [2.05, 4.69) is 6.58 Å². The van der Waals surface area contributed by atoms with E-state index in [1.807, 2.05) is 12.1 Å². The van der Waals surface area contributed by atoms with E-state index in [4.69, 9.17) is 9.22 Å². The third-order valence-electron chi connectivity index (χ3n) is 1.76. The maximum atomic E-state index is 11.2. The summed E-state index contributed by atoms with van der Waals surface area (Å²) in [6, 6.07) is 7.26. The van der Waals surface area contributed by atoms with Crippen molar-refractivity contribution in [3.05, 3.63) is 36.4 Å². The van der Waals surface area contributed by atoms with Crippen LogP contribution in [0, 0.1) is 0 Å². The first-order valence-corrected chi connectivity index (χ1v) is 7.86. The third kappa shape index (κ3) is 2.25. The molecule has 0 aromatic heterocycles. The Hall–Kier alpha value is -1.17. The molecule has 0 spiro atoms. The van der Waals surface area contributed by atoms with Gasteiger partial charge in [0.1, 0.15) is 0 Å². The Morgan fingerprint density at radius 2 is 1.87 bits per heavy atom. The van der Waals surface area contributed by atoms with Crippen LogP contribution in [0.1, 0.15) is 6.92 Å². The van der Waals surface area contributed by atoms with E-state index >= 15 is 0 Å². The van der Waals surface area contributed by atoms with Crippen molar-refractivity contribution in [1.29, 1.82) is 0 Å². The number of hydrogen-bond donors (Lipinski definition) is 0. The summed E-state index contributed by atoms with van der Waals surface area (Å²) in [6.45, 7) is 5.08. The van der Waals surface area contributed by atoms with Crippen LogP contribution in [0.4, 0.5) is 0 Å². The Morgan fingerprint density at radius 1 is 1.33 bits per heavy atom. The molecule has 0 atom stereocenters. The van der Waals surface area contributed by atoms with Gasteiger partial charge in [-0.15, -0.1) is 0 Å². The van der Waals surface area contributed by atoms with Crippen LogP contribution in [0.25, 0.3) is 0 Å². The van der Waals surface area contributed by atoms with E-state index in [1.54, 1.807) is 19.1 Å². The number of benzene rings is 1. The average molecular weight is 312 g/mol. The van der Waals surface area contributed by atoms with Gasteiger partial charge in [0, 0.05) is 0 Å². The zero-order chi connectivity index (χ0) is 10.8. The molecule has 77 valence electrons. The molecular formula is C10H9O4Sn. The van der Waals surface area contributed by atoms with Gasteiger partial charge in [0.25, 0.3) is 0 Å². The number of carbonyl (C=O) groups is 1. The fourth-order valence-electron chi connectivity index (χ4n) is 1.02. The second-order valence-electron chi connectivity index (χ2n) is 3.07. The first-order valence-electron chi connectivity index (χ1n) is 4.36. The van der Waals surface area contributed by atoms with Crippen molar-refractivity contribution in [3.8, 4) is 11.5 Å². The molecule has 0 saturated heterocycles. The average Bonchev–Trinajstić information content (AvgIpc) is 2.59. The first-order chi connectivity index (χ1) is 7.16. The van der Waals surface area contributed by atoms with Gasteiger partial charge >= 0.3 is 95.8 Å². The van der Waals surface area contributed by atoms with Crippen molar-refractivity contribution in [1.82, 2.24) is 0 Å². The molecule has 0 aliphatic carbocycles. The summed E-state index contributed by atoms with van der Waals surface area (Å²) in [6.07, 6.45) is 0. The summed E-state index contributed by atoms with van der Waals surface area (Å²) in [4.78, 5) is 11.2. The standard InChI is InChI=1S/C6H6O2.C4H6O2.Sn/c7-5-3-1-2-4-6(5)8;1-3(2)4(5)6;/h1-4,7-8H;1H2,2H3,(H,5,6);/q;;+3/p-3. The summed E-state index contributed by atoms with van der Waals surface area (Å²) in [7, 11) is 0. The van der Waals surface area contributed by atoms with E-state index < -0.39 is 27.0 Å². The number of hydrogen-bond acceptors (Lipinski definition) is 4. The van der Waals surface area contributed by atoms with Crippen LogP contribution in [-0.2, 0) is 7.87 Å². The van der Waals surface area contributed by atoms with Crippen LogP contribution in [0.2, 0.25) is 0 Å². The minimum absolute atomic E-state index is 0.353. The molecule has 0 amide bonds. The second-order valence-corrected chi connectivity index (χ2v) is 6.25. The van der Waals surface area contributed by atoms with E-state index in [0.29, 0.717) is 17.1 Å². The molecule has 1 aliphatic rings. The monoisotopic (exact) mass is 313 g/mol. The van der Waals surface area contributed by atoms with Gasteiger partial charge < -0.3 is 0 Å². The molecule has 0 unspecified atom stereocenters. The zero-order valence-electron chi connectivity index (χ0n) is 8.15. The molecule has 0 fully saturated rings. The van der Waals surface area contributed by atoms with E-state index in [1.165, 1.54) is 0 Å². The quantitative estimate of drug-likeness (QED) is 0.614. The van der Waals surface area contributed by atoms with Gasteiger partial charge in [-0.05, 0) is 0 Å². The van der Waals surface area contributed by atoms with Crippen molar-refractivity contribution in [2.45, 2.75) is 6.92 Å². The molecule has 1 heterocycles. The molecule has 0 N–H and O–H groups in total. The van der Waals surface area contributed by atoms with Crippen LogP contribution in [0.15, 0.2) is 36.4 Å². The molecule has 4 nitrogen and oxygen atoms in total. The van der Waals surface area contributed by atoms with Crippen molar-refractivity contribution in [2.75, 3.05) is 0 Å². The fourth-order valence-corrected chi connectivity index (χ4v) is 4.30. The summed E-state index contributed by atoms with van der Waals surface area (Å²) in [5, 5.41) is 0. The molecule has 2 rings (SSSR count). The molecule has 1 aromatic rings. The first kappa shape index (κ1) is 10.4. The van der Waals surface area contributed by atoms with Gasteiger partial charge in [-0.25, -0.2) is 0 Å². The Bertz CT molecular complexity index is 391. The zero-order valence-corrected chi connectivity index (χ0v) is 11.0. The molecule has 5 heteroatoms. The Morgan fingerprint density at radius 3 is 2.33 bits per heavy atom. The van der Waals surface area contributed by atoms with Crippen LogP contribution in [0.5, 0.6) is 11.5 Å². The Kier molecular flexibility index (Phi) is 2.85.